The lowest BCUT2D eigenvalue weighted by molar-refractivity contribution is -0.174. The molecule has 192 valence electrons. The highest BCUT2D eigenvalue weighted by atomic mass is 19.4. The van der Waals surface area contributed by atoms with Gasteiger partial charge in [-0.05, 0) is 38.8 Å². The van der Waals surface area contributed by atoms with Crippen LogP contribution in [-0.2, 0) is 11.3 Å². The molecule has 0 bridgehead atoms. The number of alkyl halides is 3. The van der Waals surface area contributed by atoms with E-state index in [2.05, 4.69) is 20.8 Å². The number of nitrogens with zero attached hydrogens (tertiary/aromatic N) is 5. The van der Waals surface area contributed by atoms with Gasteiger partial charge in [0, 0.05) is 19.5 Å². The average Bonchev–Trinajstić information content (AvgIpc) is 3.63. The number of furan rings is 1. The number of hydrogen-bond acceptors (Lipinski definition) is 6. The highest BCUT2D eigenvalue weighted by Crippen LogP contribution is 2.44. The van der Waals surface area contributed by atoms with E-state index >= 15 is 0 Å². The molecule has 0 radical (unpaired) electrons. The summed E-state index contributed by atoms with van der Waals surface area (Å²) < 4.78 is 49.2. The summed E-state index contributed by atoms with van der Waals surface area (Å²) in [6, 6.07) is 0.469. The molecule has 2 amide bonds. The van der Waals surface area contributed by atoms with Crippen molar-refractivity contribution in [2.24, 2.45) is 0 Å². The molecule has 36 heavy (non-hydrogen) atoms. The monoisotopic (exact) mass is 505 g/mol. The predicted molar refractivity (Wildman–Crippen MR) is 122 cm³/mol. The fraction of sp³-hybridized carbons (Fsp3) is 0.478. The lowest BCUT2D eigenvalue weighted by Gasteiger charge is -2.32. The van der Waals surface area contributed by atoms with Crippen LogP contribution in [0.1, 0.15) is 58.9 Å². The summed E-state index contributed by atoms with van der Waals surface area (Å²) in [4.78, 5) is 27.6. The number of hydrogen-bond donors (Lipinski definition) is 2. The molecule has 5 heterocycles. The van der Waals surface area contributed by atoms with Crippen molar-refractivity contribution in [2.45, 2.75) is 57.9 Å². The van der Waals surface area contributed by atoms with Crippen LogP contribution in [0.25, 0.3) is 0 Å². The maximum Gasteiger partial charge on any atom is 0.410 e. The summed E-state index contributed by atoms with van der Waals surface area (Å²) >= 11 is 0. The minimum absolute atomic E-state index is 0.0415. The van der Waals surface area contributed by atoms with Crippen LogP contribution in [0, 0.1) is 13.8 Å². The zero-order chi connectivity index (χ0) is 25.6. The molecule has 2 atom stereocenters. The number of nitrogens with one attached hydrogen (secondary N) is 2. The van der Waals surface area contributed by atoms with E-state index in [9.17, 15) is 22.8 Å². The Morgan fingerprint density at radius 2 is 2.00 bits per heavy atom. The fourth-order valence-corrected chi connectivity index (χ4v) is 4.81. The zero-order valence-corrected chi connectivity index (χ0v) is 19.8. The van der Waals surface area contributed by atoms with Crippen molar-refractivity contribution in [3.8, 4) is 0 Å². The van der Waals surface area contributed by atoms with Crippen LogP contribution >= 0.6 is 0 Å². The molecule has 0 aliphatic carbocycles. The van der Waals surface area contributed by atoms with E-state index in [1.807, 2.05) is 0 Å². The molecular formula is C23H26F3N7O3. The van der Waals surface area contributed by atoms with Gasteiger partial charge in [0.1, 0.15) is 23.7 Å². The van der Waals surface area contributed by atoms with E-state index in [1.165, 1.54) is 10.9 Å². The van der Waals surface area contributed by atoms with Crippen LogP contribution in [0.15, 0.2) is 29.0 Å². The van der Waals surface area contributed by atoms with Crippen molar-refractivity contribution in [2.75, 3.05) is 23.7 Å². The molecular weight excluding hydrogens is 479 g/mol. The first-order valence-corrected chi connectivity index (χ1v) is 11.7. The number of carbonyl (C=O) groups excluding carboxylic acids is 2. The number of likely N-dealkylation sites (tertiary alicyclic amines) is 1. The van der Waals surface area contributed by atoms with Crippen molar-refractivity contribution in [1.29, 1.82) is 0 Å². The number of halogens is 3. The molecule has 1 fully saturated rings. The van der Waals surface area contributed by atoms with Crippen molar-refractivity contribution in [3.05, 3.63) is 47.3 Å². The number of fused-ring (bicyclic) bond motifs is 1. The molecule has 0 unspecified atom stereocenters. The minimum Gasteiger partial charge on any atom is -0.467 e. The van der Waals surface area contributed by atoms with Crippen LogP contribution in [0.3, 0.4) is 0 Å². The van der Waals surface area contributed by atoms with E-state index in [0.29, 0.717) is 22.8 Å². The van der Waals surface area contributed by atoms with Crippen LogP contribution in [0.2, 0.25) is 0 Å². The van der Waals surface area contributed by atoms with E-state index in [0.717, 1.165) is 36.8 Å². The summed E-state index contributed by atoms with van der Waals surface area (Å²) in [5.41, 5.74) is 1.43. The van der Waals surface area contributed by atoms with Gasteiger partial charge in [0.2, 0.25) is 5.91 Å². The Morgan fingerprint density at radius 1 is 1.25 bits per heavy atom. The molecule has 0 aromatic carbocycles. The van der Waals surface area contributed by atoms with E-state index in [1.54, 1.807) is 30.9 Å². The number of aromatic nitrogens is 4. The molecule has 0 spiro atoms. The molecule has 10 nitrogen and oxygen atoms in total. The van der Waals surface area contributed by atoms with Gasteiger partial charge in [0.25, 0.3) is 5.91 Å². The maximum absolute atomic E-state index is 13.9. The van der Waals surface area contributed by atoms with E-state index in [-0.39, 0.29) is 30.3 Å². The summed E-state index contributed by atoms with van der Waals surface area (Å²) in [5, 5.41) is 14.0. The molecule has 13 heteroatoms. The molecule has 2 aliphatic rings. The molecule has 3 aromatic heterocycles. The first kappa shape index (κ1) is 23.9. The molecule has 3 aromatic rings. The van der Waals surface area contributed by atoms with Gasteiger partial charge >= 0.3 is 6.18 Å². The molecule has 1 saturated heterocycles. The smallest absolute Gasteiger partial charge is 0.410 e. The maximum atomic E-state index is 13.9. The second-order valence-electron chi connectivity index (χ2n) is 9.10. The van der Waals surface area contributed by atoms with Gasteiger partial charge in [0.05, 0.1) is 35.6 Å². The Labute approximate surface area is 204 Å². The Kier molecular flexibility index (Phi) is 6.00. The largest absolute Gasteiger partial charge is 0.467 e. The Morgan fingerprint density at radius 3 is 2.67 bits per heavy atom. The Hall–Kier alpha value is -3.77. The first-order valence-electron chi connectivity index (χ1n) is 11.7. The minimum atomic E-state index is -4.57. The molecule has 2 N–H and O–H groups in total. The van der Waals surface area contributed by atoms with Gasteiger partial charge < -0.3 is 20.0 Å². The number of aryl methyl sites for hydroxylation is 1. The van der Waals surface area contributed by atoms with Gasteiger partial charge in [0.15, 0.2) is 6.04 Å². The quantitative estimate of drug-likeness (QED) is 0.546. The van der Waals surface area contributed by atoms with Crippen LogP contribution in [0.4, 0.5) is 24.7 Å². The first-order chi connectivity index (χ1) is 17.1. The molecule has 5 rings (SSSR count). The average molecular weight is 506 g/mol. The lowest BCUT2D eigenvalue weighted by atomic mass is 10.0. The van der Waals surface area contributed by atoms with Crippen LogP contribution in [0.5, 0.6) is 0 Å². The van der Waals surface area contributed by atoms with Crippen molar-refractivity contribution >= 4 is 23.3 Å². The zero-order valence-electron chi connectivity index (χ0n) is 19.8. The van der Waals surface area contributed by atoms with E-state index in [4.69, 9.17) is 4.42 Å². The lowest BCUT2D eigenvalue weighted by Crippen LogP contribution is -2.36. The third-order valence-corrected chi connectivity index (χ3v) is 6.73. The van der Waals surface area contributed by atoms with Crippen molar-refractivity contribution in [3.63, 3.8) is 0 Å². The Bertz CT molecular complexity index is 1270. The second kappa shape index (κ2) is 9.03. The van der Waals surface area contributed by atoms with Crippen molar-refractivity contribution in [1.82, 2.24) is 24.5 Å². The summed E-state index contributed by atoms with van der Waals surface area (Å²) in [6.07, 6.45) is -0.446. The van der Waals surface area contributed by atoms with Gasteiger partial charge in [-0.1, -0.05) is 0 Å². The van der Waals surface area contributed by atoms with Crippen LogP contribution in [-0.4, -0.2) is 55.5 Å². The van der Waals surface area contributed by atoms with Gasteiger partial charge in [-0.15, -0.1) is 0 Å². The summed E-state index contributed by atoms with van der Waals surface area (Å²) in [5.74, 6) is -0.400. The highest BCUT2D eigenvalue weighted by molar-refractivity contribution is 6.08. The predicted octanol–water partition coefficient (Wildman–Crippen LogP) is 3.82. The van der Waals surface area contributed by atoms with Crippen LogP contribution < -0.4 is 10.6 Å². The van der Waals surface area contributed by atoms with E-state index < -0.39 is 24.2 Å². The number of carbonyl (C=O) groups is 2. The number of anilines is 2. The number of amides is 2. The summed E-state index contributed by atoms with van der Waals surface area (Å²) in [6.45, 7) is 4.91. The SMILES string of the molecule is Cc1nn(CC(=O)N2CCCC2)c(C)c1NC(=O)c1cnn2c1N[C@H](c1ccco1)C[C@@H]2C(F)(F)F. The second-order valence-corrected chi connectivity index (χ2v) is 9.10. The highest BCUT2D eigenvalue weighted by Gasteiger charge is 2.47. The molecule has 2 aliphatic heterocycles. The number of rotatable bonds is 5. The van der Waals surface area contributed by atoms with Gasteiger partial charge in [-0.2, -0.15) is 23.4 Å². The Balaban J connectivity index is 1.40. The normalized spacial score (nSPS) is 19.8. The van der Waals surface area contributed by atoms with Gasteiger partial charge in [-0.25, -0.2) is 4.68 Å². The third kappa shape index (κ3) is 4.33. The van der Waals surface area contributed by atoms with Crippen molar-refractivity contribution < 1.29 is 27.2 Å². The molecule has 0 saturated carbocycles. The standard InChI is InChI=1S/C23H26F3N7O3/c1-13-20(14(2)32(30-13)12-19(34)31-7-3-4-8-31)29-22(35)15-11-27-33-18(23(24,25)26)10-16(28-21(15)33)17-6-5-9-36-17/h5-6,9,11,16,18,28H,3-4,7-8,10,12H2,1-2H3,(H,29,35)/t16-,18+/m0/s1. The topological polar surface area (TPSA) is 110 Å². The van der Waals surface area contributed by atoms with Gasteiger partial charge in [-0.3, -0.25) is 14.3 Å². The third-order valence-electron chi connectivity index (χ3n) is 6.73. The fourth-order valence-electron chi connectivity index (χ4n) is 4.81. The summed E-state index contributed by atoms with van der Waals surface area (Å²) in [7, 11) is 0.